The van der Waals surface area contributed by atoms with Crippen molar-refractivity contribution >= 4 is 0 Å². The van der Waals surface area contributed by atoms with Crippen LogP contribution >= 0.6 is 0 Å². The Bertz CT molecular complexity index is 309. The van der Waals surface area contributed by atoms with Crippen LogP contribution in [-0.2, 0) is 0 Å². The zero-order chi connectivity index (χ0) is 13.5. The summed E-state index contributed by atoms with van der Waals surface area (Å²) in [5.74, 6) is 0. The number of piperidine rings is 1. The molecule has 19 heavy (non-hydrogen) atoms. The lowest BCUT2D eigenvalue weighted by Gasteiger charge is -2.48. The molecule has 110 valence electrons. The van der Waals surface area contributed by atoms with Crippen molar-refractivity contribution in [2.24, 2.45) is 10.8 Å². The first-order chi connectivity index (χ1) is 9.00. The van der Waals surface area contributed by atoms with Gasteiger partial charge >= 0.3 is 0 Å². The second kappa shape index (κ2) is 5.04. The Labute approximate surface area is 118 Å². The summed E-state index contributed by atoms with van der Waals surface area (Å²) in [6, 6.07) is 0.433. The first-order valence-electron chi connectivity index (χ1n) is 8.42. The number of hydrogen-bond acceptors (Lipinski definition) is 2. The van der Waals surface area contributed by atoms with Crippen molar-refractivity contribution in [3.05, 3.63) is 0 Å². The molecule has 2 aliphatic carbocycles. The van der Waals surface area contributed by atoms with Crippen LogP contribution in [0.25, 0.3) is 0 Å². The summed E-state index contributed by atoms with van der Waals surface area (Å²) in [5.41, 5.74) is 1.12. The van der Waals surface area contributed by atoms with E-state index in [9.17, 15) is 5.11 Å². The molecule has 0 bridgehead atoms. The molecular formula is C17H31NO. The molecule has 1 saturated heterocycles. The third kappa shape index (κ3) is 2.85. The minimum atomic E-state index is -0.0781. The maximum absolute atomic E-state index is 10.4. The van der Waals surface area contributed by atoms with E-state index in [2.05, 4.69) is 18.7 Å². The van der Waals surface area contributed by atoms with E-state index in [1.807, 2.05) is 0 Å². The van der Waals surface area contributed by atoms with E-state index in [0.717, 1.165) is 6.42 Å². The van der Waals surface area contributed by atoms with Crippen LogP contribution in [0.3, 0.4) is 0 Å². The fourth-order valence-corrected chi connectivity index (χ4v) is 4.86. The largest absolute Gasteiger partial charge is 0.391 e. The number of nitrogens with zero attached hydrogens (tertiary/aromatic N) is 1. The third-order valence-corrected chi connectivity index (χ3v) is 6.31. The Kier molecular flexibility index (Phi) is 3.68. The summed E-state index contributed by atoms with van der Waals surface area (Å²) in [7, 11) is 0. The molecule has 2 saturated carbocycles. The molecule has 1 N–H and O–H groups in total. The number of aliphatic hydroxyl groups is 1. The molecule has 1 heterocycles. The van der Waals surface area contributed by atoms with Gasteiger partial charge < -0.3 is 5.11 Å². The highest BCUT2D eigenvalue weighted by molar-refractivity contribution is 4.96. The van der Waals surface area contributed by atoms with Crippen LogP contribution in [-0.4, -0.2) is 35.2 Å². The summed E-state index contributed by atoms with van der Waals surface area (Å²) < 4.78 is 0. The Morgan fingerprint density at radius 1 is 0.947 bits per heavy atom. The first kappa shape index (κ1) is 13.9. The molecule has 2 nitrogen and oxygen atoms in total. The van der Waals surface area contributed by atoms with Gasteiger partial charge in [-0.25, -0.2) is 0 Å². The number of aliphatic hydroxyl groups excluding tert-OH is 1. The molecular weight excluding hydrogens is 234 g/mol. The molecule has 1 aliphatic heterocycles. The maximum Gasteiger partial charge on any atom is 0.0695 e. The van der Waals surface area contributed by atoms with Crippen LogP contribution in [0.2, 0.25) is 0 Å². The molecule has 2 unspecified atom stereocenters. The van der Waals surface area contributed by atoms with Crippen LogP contribution < -0.4 is 0 Å². The van der Waals surface area contributed by atoms with Crippen molar-refractivity contribution in [3.8, 4) is 0 Å². The molecule has 2 atom stereocenters. The van der Waals surface area contributed by atoms with Gasteiger partial charge in [0.1, 0.15) is 0 Å². The zero-order valence-corrected chi connectivity index (χ0v) is 12.8. The standard InChI is InChI=1S/C17H31NO/c1-16(2)8-5-15(19)14(13-16)18-11-9-17(10-12-18)6-3-4-7-17/h14-15,19H,3-13H2,1-2H3. The van der Waals surface area contributed by atoms with Crippen molar-refractivity contribution in [2.45, 2.75) is 83.8 Å². The van der Waals surface area contributed by atoms with Crippen LogP contribution in [0.5, 0.6) is 0 Å². The van der Waals surface area contributed by atoms with E-state index < -0.39 is 0 Å². The highest BCUT2D eigenvalue weighted by Crippen LogP contribution is 2.47. The fraction of sp³-hybridized carbons (Fsp3) is 1.00. The predicted octanol–water partition coefficient (Wildman–Crippen LogP) is 3.58. The van der Waals surface area contributed by atoms with Gasteiger partial charge in [-0.3, -0.25) is 4.90 Å². The second-order valence-electron chi connectivity index (χ2n) is 8.28. The van der Waals surface area contributed by atoms with Gasteiger partial charge in [0.15, 0.2) is 0 Å². The molecule has 3 aliphatic rings. The van der Waals surface area contributed by atoms with Crippen molar-refractivity contribution in [3.63, 3.8) is 0 Å². The average Bonchev–Trinajstić information content (AvgIpc) is 2.82. The molecule has 0 aromatic heterocycles. The highest BCUT2D eigenvalue weighted by Gasteiger charge is 2.42. The van der Waals surface area contributed by atoms with Crippen molar-refractivity contribution in [1.29, 1.82) is 0 Å². The van der Waals surface area contributed by atoms with Gasteiger partial charge in [-0.15, -0.1) is 0 Å². The van der Waals surface area contributed by atoms with Crippen LogP contribution in [0.4, 0.5) is 0 Å². The number of likely N-dealkylation sites (tertiary alicyclic amines) is 1. The first-order valence-corrected chi connectivity index (χ1v) is 8.42. The van der Waals surface area contributed by atoms with E-state index in [1.165, 1.54) is 64.5 Å². The van der Waals surface area contributed by atoms with Crippen LogP contribution in [0.1, 0.15) is 71.6 Å². The van der Waals surface area contributed by atoms with Gasteiger partial charge in [-0.05, 0) is 68.9 Å². The summed E-state index contributed by atoms with van der Waals surface area (Å²) >= 11 is 0. The molecule has 0 aromatic carbocycles. The predicted molar refractivity (Wildman–Crippen MR) is 79.1 cm³/mol. The lowest BCUT2D eigenvalue weighted by atomic mass is 9.71. The minimum Gasteiger partial charge on any atom is -0.391 e. The summed E-state index contributed by atoms with van der Waals surface area (Å²) in [5, 5.41) is 10.4. The van der Waals surface area contributed by atoms with Gasteiger partial charge in [0, 0.05) is 6.04 Å². The van der Waals surface area contributed by atoms with Gasteiger partial charge in [0.05, 0.1) is 6.10 Å². The SMILES string of the molecule is CC1(C)CCC(O)C(N2CCC3(CCCC3)CC2)C1. The van der Waals surface area contributed by atoms with Gasteiger partial charge in [-0.2, -0.15) is 0 Å². The maximum atomic E-state index is 10.4. The van der Waals surface area contributed by atoms with Gasteiger partial charge in [-0.1, -0.05) is 26.7 Å². The second-order valence-corrected chi connectivity index (χ2v) is 8.28. The van der Waals surface area contributed by atoms with Crippen LogP contribution in [0, 0.1) is 10.8 Å². The van der Waals surface area contributed by atoms with E-state index in [1.54, 1.807) is 0 Å². The molecule has 1 spiro atoms. The summed E-state index contributed by atoms with van der Waals surface area (Å²) in [6.07, 6.45) is 11.9. The topological polar surface area (TPSA) is 23.5 Å². The smallest absolute Gasteiger partial charge is 0.0695 e. The molecule has 3 rings (SSSR count). The summed E-state index contributed by atoms with van der Waals surface area (Å²) in [6.45, 7) is 7.21. The van der Waals surface area contributed by atoms with E-state index >= 15 is 0 Å². The Morgan fingerprint density at radius 2 is 1.58 bits per heavy atom. The molecule has 0 radical (unpaired) electrons. The number of rotatable bonds is 1. The quantitative estimate of drug-likeness (QED) is 0.783. The summed E-state index contributed by atoms with van der Waals surface area (Å²) in [4.78, 5) is 2.62. The molecule has 3 fully saturated rings. The zero-order valence-electron chi connectivity index (χ0n) is 12.8. The Hall–Kier alpha value is -0.0800. The fourth-order valence-electron chi connectivity index (χ4n) is 4.86. The monoisotopic (exact) mass is 265 g/mol. The van der Waals surface area contributed by atoms with Crippen molar-refractivity contribution in [2.75, 3.05) is 13.1 Å². The lowest BCUT2D eigenvalue weighted by molar-refractivity contribution is -0.0393. The average molecular weight is 265 g/mol. The van der Waals surface area contributed by atoms with Crippen LogP contribution in [0.15, 0.2) is 0 Å². The van der Waals surface area contributed by atoms with Crippen molar-refractivity contribution < 1.29 is 5.11 Å². The van der Waals surface area contributed by atoms with E-state index in [-0.39, 0.29) is 6.10 Å². The van der Waals surface area contributed by atoms with E-state index in [4.69, 9.17) is 0 Å². The third-order valence-electron chi connectivity index (χ3n) is 6.31. The Balaban J connectivity index is 1.61. The van der Waals surface area contributed by atoms with E-state index in [0.29, 0.717) is 16.9 Å². The Morgan fingerprint density at radius 3 is 2.21 bits per heavy atom. The van der Waals surface area contributed by atoms with Crippen molar-refractivity contribution in [1.82, 2.24) is 4.90 Å². The number of hydrogen-bond donors (Lipinski definition) is 1. The van der Waals surface area contributed by atoms with Gasteiger partial charge in [0.25, 0.3) is 0 Å². The minimum absolute atomic E-state index is 0.0781. The lowest BCUT2D eigenvalue weighted by Crippen LogP contribution is -2.53. The normalized spacial score (nSPS) is 38.7. The molecule has 0 aromatic rings. The molecule has 2 heteroatoms. The van der Waals surface area contributed by atoms with Gasteiger partial charge in [0.2, 0.25) is 0 Å². The highest BCUT2D eigenvalue weighted by atomic mass is 16.3. The molecule has 0 amide bonds.